The van der Waals surface area contributed by atoms with Gasteiger partial charge in [-0.05, 0) is 19.3 Å². The van der Waals surface area contributed by atoms with Crippen LogP contribution in [0.1, 0.15) is 373 Å². The Kier molecular flexibility index (Phi) is 60.2. The van der Waals surface area contributed by atoms with E-state index in [9.17, 15) is 19.4 Å². The minimum atomic E-state index is -4.35. The standard InChI is InChI=1S/C69H139N2O6P/c1-6-8-10-12-14-16-18-20-22-24-26-28-30-32-34-35-36-37-38-40-42-44-46-48-50-52-54-56-58-60-62-68(72)67(66-77-78(74,75)76-65-64-71(3,4)5)70-69(73)63-61-59-57-55-53-51-49-47-45-43-41-39-33-31-29-27-25-23-21-19-17-15-13-11-9-7-2/h60,62,67-68,72H,6-59,61,63-66H2,1-5H3,(H-,70,73,74,75)/p+1/b62-60+. The van der Waals surface area contributed by atoms with E-state index in [2.05, 4.69) is 19.2 Å². The normalized spacial score (nSPS) is 13.7. The maximum atomic E-state index is 13.0. The number of rotatable bonds is 66. The molecule has 0 aromatic heterocycles. The van der Waals surface area contributed by atoms with Crippen molar-refractivity contribution in [3.63, 3.8) is 0 Å². The molecule has 0 radical (unpaired) electrons. The van der Waals surface area contributed by atoms with Crippen LogP contribution in [-0.4, -0.2) is 73.4 Å². The van der Waals surface area contributed by atoms with Crippen LogP contribution in [0.2, 0.25) is 0 Å². The summed E-state index contributed by atoms with van der Waals surface area (Å²) in [6.45, 7) is 4.89. The third-order valence-electron chi connectivity index (χ3n) is 16.5. The van der Waals surface area contributed by atoms with Gasteiger partial charge in [0.2, 0.25) is 5.91 Å². The van der Waals surface area contributed by atoms with E-state index in [1.165, 1.54) is 321 Å². The molecule has 0 aliphatic rings. The topological polar surface area (TPSA) is 105 Å². The van der Waals surface area contributed by atoms with Crippen molar-refractivity contribution in [3.05, 3.63) is 12.2 Å². The Morgan fingerprint density at radius 1 is 0.423 bits per heavy atom. The van der Waals surface area contributed by atoms with Gasteiger partial charge in [-0.25, -0.2) is 4.57 Å². The molecule has 0 aromatic carbocycles. The van der Waals surface area contributed by atoms with Crippen LogP contribution < -0.4 is 5.32 Å². The van der Waals surface area contributed by atoms with E-state index in [1.54, 1.807) is 6.08 Å². The Hall–Kier alpha value is -0.760. The molecule has 8 nitrogen and oxygen atoms in total. The summed E-state index contributed by atoms with van der Waals surface area (Å²) in [7, 11) is 1.60. The third-order valence-corrected chi connectivity index (χ3v) is 17.5. The van der Waals surface area contributed by atoms with Gasteiger partial charge < -0.3 is 19.8 Å². The minimum absolute atomic E-state index is 0.0655. The Balaban J connectivity index is 4.03. The fourth-order valence-electron chi connectivity index (χ4n) is 11.0. The van der Waals surface area contributed by atoms with Crippen LogP contribution >= 0.6 is 7.82 Å². The number of carbonyl (C=O) groups is 1. The zero-order valence-corrected chi connectivity index (χ0v) is 54.3. The van der Waals surface area contributed by atoms with Crippen molar-refractivity contribution in [3.8, 4) is 0 Å². The Labute approximate surface area is 488 Å². The number of allylic oxidation sites excluding steroid dienone is 1. The summed E-state index contributed by atoms with van der Waals surface area (Å²) in [5.41, 5.74) is 0. The van der Waals surface area contributed by atoms with Gasteiger partial charge in [0.05, 0.1) is 39.9 Å². The Morgan fingerprint density at radius 2 is 0.679 bits per heavy atom. The number of aliphatic hydroxyl groups is 1. The average Bonchev–Trinajstić information content (AvgIpc) is 3.41. The van der Waals surface area contributed by atoms with E-state index in [0.29, 0.717) is 17.4 Å². The fourth-order valence-corrected chi connectivity index (χ4v) is 11.8. The van der Waals surface area contributed by atoms with Crippen molar-refractivity contribution in [2.24, 2.45) is 0 Å². The first-order valence-electron chi connectivity index (χ1n) is 35.1. The highest BCUT2D eigenvalue weighted by atomic mass is 31.2. The predicted molar refractivity (Wildman–Crippen MR) is 342 cm³/mol. The lowest BCUT2D eigenvalue weighted by Gasteiger charge is -2.25. The summed E-state index contributed by atoms with van der Waals surface area (Å²) in [6, 6.07) is -0.844. The van der Waals surface area contributed by atoms with Gasteiger partial charge in [0.25, 0.3) is 0 Å². The molecule has 0 rings (SSSR count). The van der Waals surface area contributed by atoms with Crippen molar-refractivity contribution < 1.29 is 32.9 Å². The molecule has 3 atom stereocenters. The van der Waals surface area contributed by atoms with Crippen molar-refractivity contribution in [1.82, 2.24) is 5.32 Å². The lowest BCUT2D eigenvalue weighted by molar-refractivity contribution is -0.870. The summed E-state index contributed by atoms with van der Waals surface area (Å²) < 4.78 is 23.8. The second-order valence-corrected chi connectivity index (χ2v) is 27.1. The monoisotopic (exact) mass is 1120 g/mol. The predicted octanol–water partition coefficient (Wildman–Crippen LogP) is 22.1. The van der Waals surface area contributed by atoms with Gasteiger partial charge in [0.15, 0.2) is 0 Å². The number of amides is 1. The first kappa shape index (κ1) is 77.2. The molecule has 0 aromatic rings. The van der Waals surface area contributed by atoms with Crippen molar-refractivity contribution in [2.45, 2.75) is 386 Å². The zero-order valence-electron chi connectivity index (χ0n) is 53.5. The Bertz CT molecular complexity index is 1280. The average molecular weight is 1120 g/mol. The molecule has 0 fully saturated rings. The molecule has 1 amide bonds. The number of hydrogen-bond donors (Lipinski definition) is 3. The highest BCUT2D eigenvalue weighted by Gasteiger charge is 2.28. The van der Waals surface area contributed by atoms with Crippen molar-refractivity contribution in [1.29, 1.82) is 0 Å². The van der Waals surface area contributed by atoms with Gasteiger partial charge in [0, 0.05) is 6.42 Å². The zero-order chi connectivity index (χ0) is 57.0. The van der Waals surface area contributed by atoms with Gasteiger partial charge in [-0.15, -0.1) is 0 Å². The van der Waals surface area contributed by atoms with E-state index < -0.39 is 20.0 Å². The van der Waals surface area contributed by atoms with Crippen LogP contribution in [0, 0.1) is 0 Å². The van der Waals surface area contributed by atoms with E-state index in [-0.39, 0.29) is 19.1 Å². The molecule has 78 heavy (non-hydrogen) atoms. The third kappa shape index (κ3) is 62.8. The summed E-state index contributed by atoms with van der Waals surface area (Å²) in [5, 5.41) is 14.0. The van der Waals surface area contributed by atoms with Crippen LogP contribution in [0.3, 0.4) is 0 Å². The molecule has 9 heteroatoms. The van der Waals surface area contributed by atoms with Crippen LogP contribution in [0.25, 0.3) is 0 Å². The number of quaternary nitrogens is 1. The SMILES string of the molecule is CCCCCCCCCCCCCCCCCCCCCCCCCCCCCC/C=C/C(O)C(COP(=O)(O)OCC[N+](C)(C)C)NC(=O)CCCCCCCCCCCCCCCCCCCCCCCCCCCC. The Morgan fingerprint density at radius 3 is 0.949 bits per heavy atom. The lowest BCUT2D eigenvalue weighted by Crippen LogP contribution is -2.45. The first-order chi connectivity index (χ1) is 38.0. The first-order valence-corrected chi connectivity index (χ1v) is 36.6. The molecule has 3 unspecified atom stereocenters. The highest BCUT2D eigenvalue weighted by molar-refractivity contribution is 7.47. The molecular formula is C69H140N2O6P+. The maximum absolute atomic E-state index is 13.0. The molecule has 3 N–H and O–H groups in total. The number of likely N-dealkylation sites (N-methyl/N-ethyl adjacent to an activating group) is 1. The largest absolute Gasteiger partial charge is 0.472 e. The second-order valence-electron chi connectivity index (χ2n) is 25.6. The molecule has 0 aliphatic carbocycles. The highest BCUT2D eigenvalue weighted by Crippen LogP contribution is 2.43. The molecular weight excluding hydrogens is 984 g/mol. The number of unbranched alkanes of at least 4 members (excludes halogenated alkanes) is 53. The van der Waals surface area contributed by atoms with E-state index in [4.69, 9.17) is 9.05 Å². The number of nitrogens with one attached hydrogen (secondary N) is 1. The number of nitrogens with zero attached hydrogens (tertiary/aromatic N) is 1. The molecule has 0 aliphatic heterocycles. The minimum Gasteiger partial charge on any atom is -0.387 e. The molecule has 0 spiro atoms. The van der Waals surface area contributed by atoms with Gasteiger partial charge in [-0.2, -0.15) is 0 Å². The van der Waals surface area contributed by atoms with Gasteiger partial charge in [0.1, 0.15) is 13.2 Å². The lowest BCUT2D eigenvalue weighted by atomic mass is 10.0. The van der Waals surface area contributed by atoms with Gasteiger partial charge in [-0.3, -0.25) is 13.8 Å². The molecule has 0 heterocycles. The van der Waals surface area contributed by atoms with Crippen molar-refractivity contribution >= 4 is 13.7 Å². The summed E-state index contributed by atoms with van der Waals surface area (Å²) in [5.74, 6) is -0.167. The molecule has 466 valence electrons. The number of carbonyl (C=O) groups excluding carboxylic acids is 1. The fraction of sp³-hybridized carbons (Fsp3) is 0.957. The van der Waals surface area contributed by atoms with Gasteiger partial charge in [-0.1, -0.05) is 360 Å². The van der Waals surface area contributed by atoms with Crippen LogP contribution in [0.5, 0.6) is 0 Å². The molecule has 0 saturated heterocycles. The van der Waals surface area contributed by atoms with E-state index >= 15 is 0 Å². The molecule has 0 saturated carbocycles. The second kappa shape index (κ2) is 60.8. The van der Waals surface area contributed by atoms with Crippen LogP contribution in [0.15, 0.2) is 12.2 Å². The summed E-state index contributed by atoms with van der Waals surface area (Å²) >= 11 is 0. The van der Waals surface area contributed by atoms with Crippen LogP contribution in [0.4, 0.5) is 0 Å². The quantitative estimate of drug-likeness (QED) is 0.0243. The number of hydrogen-bond acceptors (Lipinski definition) is 5. The van der Waals surface area contributed by atoms with Gasteiger partial charge >= 0.3 is 7.82 Å². The number of aliphatic hydroxyl groups excluding tert-OH is 1. The summed E-state index contributed by atoms with van der Waals surface area (Å²) in [6.07, 6.45) is 77.9. The maximum Gasteiger partial charge on any atom is 0.472 e. The van der Waals surface area contributed by atoms with Crippen LogP contribution in [-0.2, 0) is 18.4 Å². The number of phosphoric ester groups is 1. The van der Waals surface area contributed by atoms with E-state index in [0.717, 1.165) is 32.1 Å². The summed E-state index contributed by atoms with van der Waals surface area (Å²) in [4.78, 5) is 23.4. The van der Waals surface area contributed by atoms with E-state index in [1.807, 2.05) is 27.2 Å². The number of phosphoric acid groups is 1. The van der Waals surface area contributed by atoms with Crippen molar-refractivity contribution in [2.75, 3.05) is 40.9 Å². The molecule has 0 bridgehead atoms. The smallest absolute Gasteiger partial charge is 0.387 e.